The van der Waals surface area contributed by atoms with Gasteiger partial charge in [0.05, 0.1) is 35.4 Å². The minimum absolute atomic E-state index is 0.164. The molecule has 10 nitrogen and oxygen atoms in total. The zero-order valence-electron chi connectivity index (χ0n) is 22.8. The Labute approximate surface area is 262 Å². The predicted octanol–water partition coefficient (Wildman–Crippen LogP) is 4.77. The number of nitrogens with one attached hydrogen (secondary N) is 2. The van der Waals surface area contributed by atoms with Crippen molar-refractivity contribution in [3.05, 3.63) is 58.3 Å². The molecule has 2 aliphatic rings. The van der Waals surface area contributed by atoms with Gasteiger partial charge in [-0.05, 0) is 37.1 Å². The van der Waals surface area contributed by atoms with Gasteiger partial charge in [-0.3, -0.25) is 29.0 Å². The SMILES string of the molecule is COc1ccccc1NC(=O)CCCN1C(=O)C(=C2SC(=S)N(CCCC(=O)Nc3ccccc3OC)C2=O)SC1=S. The fourth-order valence-electron chi connectivity index (χ4n) is 4.17. The molecule has 2 aliphatic heterocycles. The van der Waals surface area contributed by atoms with Crippen molar-refractivity contribution in [3.8, 4) is 11.5 Å². The average molecular weight is 645 g/mol. The topological polar surface area (TPSA) is 117 Å². The van der Waals surface area contributed by atoms with Crippen molar-refractivity contribution in [1.29, 1.82) is 0 Å². The van der Waals surface area contributed by atoms with Crippen LogP contribution in [-0.2, 0) is 19.2 Å². The Balaban J connectivity index is 1.28. The third-order valence-corrected chi connectivity index (χ3v) is 9.26. The maximum Gasteiger partial charge on any atom is 0.267 e. The van der Waals surface area contributed by atoms with Gasteiger partial charge >= 0.3 is 0 Å². The van der Waals surface area contributed by atoms with E-state index in [1.54, 1.807) is 48.5 Å². The van der Waals surface area contributed by atoms with E-state index < -0.39 is 0 Å². The highest BCUT2D eigenvalue weighted by Crippen LogP contribution is 2.42. The molecule has 0 saturated carbocycles. The van der Waals surface area contributed by atoms with Crippen LogP contribution < -0.4 is 20.1 Å². The van der Waals surface area contributed by atoms with Crippen molar-refractivity contribution in [1.82, 2.24) is 9.80 Å². The highest BCUT2D eigenvalue weighted by Gasteiger charge is 2.41. The van der Waals surface area contributed by atoms with Crippen LogP contribution in [0.15, 0.2) is 58.3 Å². The summed E-state index contributed by atoms with van der Waals surface area (Å²) >= 11 is 12.9. The second kappa shape index (κ2) is 14.6. The number of hydrogen-bond donors (Lipinski definition) is 2. The summed E-state index contributed by atoms with van der Waals surface area (Å²) in [5.74, 6) is -0.101. The Bertz CT molecular complexity index is 1360. The second-order valence-electron chi connectivity index (χ2n) is 9.01. The molecule has 0 aromatic heterocycles. The van der Waals surface area contributed by atoms with Gasteiger partial charge < -0.3 is 20.1 Å². The molecule has 2 saturated heterocycles. The van der Waals surface area contributed by atoms with E-state index in [-0.39, 0.29) is 59.4 Å². The van der Waals surface area contributed by atoms with Crippen LogP contribution in [0.4, 0.5) is 11.4 Å². The number of carbonyl (C=O) groups is 4. The van der Waals surface area contributed by atoms with Gasteiger partial charge in [0.1, 0.15) is 20.1 Å². The van der Waals surface area contributed by atoms with Crippen molar-refractivity contribution in [3.63, 3.8) is 0 Å². The lowest BCUT2D eigenvalue weighted by Gasteiger charge is -2.15. The lowest BCUT2D eigenvalue weighted by atomic mass is 10.2. The third kappa shape index (κ3) is 7.48. The maximum atomic E-state index is 13.2. The third-order valence-electron chi connectivity index (χ3n) is 6.24. The number of rotatable bonds is 12. The Morgan fingerprint density at radius 2 is 1.10 bits per heavy atom. The molecule has 2 aromatic rings. The Hall–Kier alpha value is -3.46. The molecule has 42 heavy (non-hydrogen) atoms. The summed E-state index contributed by atoms with van der Waals surface area (Å²) in [6, 6.07) is 14.2. The quantitative estimate of drug-likeness (QED) is 0.247. The summed E-state index contributed by atoms with van der Waals surface area (Å²) in [6.45, 7) is 0.463. The van der Waals surface area contributed by atoms with E-state index >= 15 is 0 Å². The molecule has 0 bridgehead atoms. The molecule has 2 fully saturated rings. The molecular weight excluding hydrogens is 617 g/mol. The molecular formula is C28H28N4O6S4. The standard InChI is InChI=1S/C28H28N4O6S4/c1-37-19-11-5-3-9-17(19)29-21(33)13-7-15-31-25(35)23(41-27(31)39)24-26(36)32(28(40)42-24)16-8-14-22(34)30-18-10-4-6-12-20(18)38-2/h3-6,9-12H,7-8,13-16H2,1-2H3,(H,29,33)(H,30,34). The fourth-order valence-corrected chi connectivity index (χ4v) is 6.94. The van der Waals surface area contributed by atoms with Crippen molar-refractivity contribution < 1.29 is 28.7 Å². The summed E-state index contributed by atoms with van der Waals surface area (Å²) in [5.41, 5.74) is 1.13. The normalized spacial score (nSPS) is 16.7. The summed E-state index contributed by atoms with van der Waals surface area (Å²) in [5, 5.41) is 5.61. The number of carbonyl (C=O) groups excluding carboxylic acids is 4. The average Bonchev–Trinajstić information content (AvgIpc) is 3.42. The Morgan fingerprint density at radius 3 is 1.48 bits per heavy atom. The monoisotopic (exact) mass is 644 g/mol. The van der Waals surface area contributed by atoms with Gasteiger partial charge in [-0.2, -0.15) is 0 Å². The summed E-state index contributed by atoms with van der Waals surface area (Å²) in [4.78, 5) is 54.5. The van der Waals surface area contributed by atoms with Gasteiger partial charge in [0, 0.05) is 25.9 Å². The van der Waals surface area contributed by atoms with E-state index in [4.69, 9.17) is 33.9 Å². The molecule has 2 heterocycles. The number of benzene rings is 2. The Kier molecular flexibility index (Phi) is 11.0. The van der Waals surface area contributed by atoms with Crippen molar-refractivity contribution in [2.45, 2.75) is 25.7 Å². The maximum absolute atomic E-state index is 13.2. The molecule has 220 valence electrons. The highest BCUT2D eigenvalue weighted by atomic mass is 32.2. The number of methoxy groups -OCH3 is 2. The van der Waals surface area contributed by atoms with Crippen LogP contribution >= 0.6 is 48.0 Å². The van der Waals surface area contributed by atoms with Crippen LogP contribution in [0.2, 0.25) is 0 Å². The number of ether oxygens (including phenoxy) is 2. The molecule has 0 spiro atoms. The van der Waals surface area contributed by atoms with E-state index in [9.17, 15) is 19.2 Å². The van der Waals surface area contributed by atoms with Gasteiger partial charge in [0.25, 0.3) is 11.8 Å². The molecule has 0 unspecified atom stereocenters. The van der Waals surface area contributed by atoms with Gasteiger partial charge in [-0.1, -0.05) is 72.2 Å². The van der Waals surface area contributed by atoms with Crippen molar-refractivity contribution >= 4 is 91.6 Å². The minimum Gasteiger partial charge on any atom is -0.495 e. The molecule has 0 radical (unpaired) electrons. The predicted molar refractivity (Wildman–Crippen MR) is 173 cm³/mol. The number of para-hydroxylation sites is 4. The summed E-state index contributed by atoms with van der Waals surface area (Å²) < 4.78 is 11.1. The first-order valence-corrected chi connectivity index (χ1v) is 15.4. The summed E-state index contributed by atoms with van der Waals surface area (Å²) in [7, 11) is 3.05. The van der Waals surface area contributed by atoms with Crippen LogP contribution in [0.5, 0.6) is 11.5 Å². The molecule has 2 N–H and O–H groups in total. The number of thioether (sulfide) groups is 2. The fraction of sp³-hybridized carbons (Fsp3) is 0.286. The van der Waals surface area contributed by atoms with E-state index in [0.29, 0.717) is 44.4 Å². The first-order valence-electron chi connectivity index (χ1n) is 12.9. The largest absolute Gasteiger partial charge is 0.495 e. The van der Waals surface area contributed by atoms with Crippen molar-refractivity contribution in [2.24, 2.45) is 0 Å². The van der Waals surface area contributed by atoms with Gasteiger partial charge in [-0.25, -0.2) is 0 Å². The van der Waals surface area contributed by atoms with Crippen LogP contribution in [0.3, 0.4) is 0 Å². The zero-order chi connectivity index (χ0) is 30.2. The molecule has 2 aromatic carbocycles. The van der Waals surface area contributed by atoms with Crippen LogP contribution in [0.1, 0.15) is 25.7 Å². The highest BCUT2D eigenvalue weighted by molar-refractivity contribution is 8.29. The molecule has 4 amide bonds. The van der Waals surface area contributed by atoms with Crippen LogP contribution in [0, 0.1) is 0 Å². The Morgan fingerprint density at radius 1 is 0.714 bits per heavy atom. The molecule has 0 aliphatic carbocycles. The van der Waals surface area contributed by atoms with Gasteiger partial charge in [-0.15, -0.1) is 0 Å². The molecule has 14 heteroatoms. The number of nitrogens with zero attached hydrogens (tertiary/aromatic N) is 2. The number of anilines is 2. The molecule has 4 rings (SSSR count). The lowest BCUT2D eigenvalue weighted by Crippen LogP contribution is -2.31. The number of hydrogen-bond acceptors (Lipinski definition) is 10. The smallest absolute Gasteiger partial charge is 0.267 e. The van der Waals surface area contributed by atoms with E-state index in [1.165, 1.54) is 24.0 Å². The van der Waals surface area contributed by atoms with Gasteiger partial charge in [0.15, 0.2) is 0 Å². The van der Waals surface area contributed by atoms with Crippen LogP contribution in [-0.4, -0.2) is 69.4 Å². The van der Waals surface area contributed by atoms with E-state index in [0.717, 1.165) is 23.5 Å². The van der Waals surface area contributed by atoms with Gasteiger partial charge in [0.2, 0.25) is 11.8 Å². The number of amides is 4. The zero-order valence-corrected chi connectivity index (χ0v) is 26.1. The van der Waals surface area contributed by atoms with E-state index in [1.807, 2.05) is 0 Å². The first-order chi connectivity index (χ1) is 20.2. The van der Waals surface area contributed by atoms with Crippen LogP contribution in [0.25, 0.3) is 0 Å². The summed E-state index contributed by atoms with van der Waals surface area (Å²) in [6.07, 6.45) is 1.07. The molecule has 0 atom stereocenters. The first kappa shape index (κ1) is 31.5. The second-order valence-corrected chi connectivity index (χ2v) is 12.3. The van der Waals surface area contributed by atoms with Crippen molar-refractivity contribution in [2.75, 3.05) is 37.9 Å². The minimum atomic E-state index is -0.383. The van der Waals surface area contributed by atoms with E-state index in [2.05, 4.69) is 10.6 Å². The lowest BCUT2D eigenvalue weighted by molar-refractivity contribution is -0.124. The number of thiocarbonyl (C=S) groups is 2.